The van der Waals surface area contributed by atoms with Crippen molar-refractivity contribution in [3.8, 4) is 23.1 Å². The van der Waals surface area contributed by atoms with Gasteiger partial charge in [0.2, 0.25) is 0 Å². The summed E-state index contributed by atoms with van der Waals surface area (Å²) in [4.78, 5) is 10.2. The second-order valence-corrected chi connectivity index (χ2v) is 8.07. The molecule has 33 heavy (non-hydrogen) atoms. The van der Waals surface area contributed by atoms with Gasteiger partial charge in [-0.05, 0) is 51.5 Å². The van der Waals surface area contributed by atoms with Gasteiger partial charge in [-0.1, -0.05) is 0 Å². The largest absolute Gasteiger partial charge is 0.493 e. The highest BCUT2D eigenvalue weighted by Gasteiger charge is 2.35. The molecule has 176 valence electrons. The van der Waals surface area contributed by atoms with Gasteiger partial charge in [0.25, 0.3) is 0 Å². The second kappa shape index (κ2) is 9.77. The molecule has 2 heterocycles. The Hall–Kier alpha value is -3.16. The third-order valence-corrected chi connectivity index (χ3v) is 5.36. The van der Waals surface area contributed by atoms with Crippen molar-refractivity contribution in [2.24, 2.45) is 7.05 Å². The Morgan fingerprint density at radius 3 is 2.58 bits per heavy atom. The minimum absolute atomic E-state index is 0.0461. The molecule has 0 fully saturated rings. The Kier molecular flexibility index (Phi) is 7.25. The van der Waals surface area contributed by atoms with Crippen molar-refractivity contribution >= 4 is 11.0 Å². The molecule has 1 atom stereocenters. The van der Waals surface area contributed by atoms with E-state index < -0.39 is 18.0 Å². The molecule has 0 aliphatic carbocycles. The molecule has 3 rings (SSSR count). The van der Waals surface area contributed by atoms with E-state index in [1.54, 1.807) is 24.6 Å². The number of nitriles is 1. The number of benzene rings is 1. The standard InChI is InChI=1S/C23H26F3N5O2/c1-14(2)31(15(3)32)8-5-9-33-21-7-6-16(10-17(21)23(24,25)26)18-11-20-22(19(12-27)29-18)28-13-30(20)4/h6-7,10-11,13-15,32H,5,8-9H2,1-4H3. The molecular formula is C23H26F3N5O2. The maximum Gasteiger partial charge on any atom is 0.419 e. The molecule has 0 saturated carbocycles. The highest BCUT2D eigenvalue weighted by molar-refractivity contribution is 5.84. The lowest BCUT2D eigenvalue weighted by molar-refractivity contribution is -0.138. The Bertz CT molecular complexity index is 1160. The van der Waals surface area contributed by atoms with Crippen LogP contribution in [0, 0.1) is 11.3 Å². The number of ether oxygens (including phenoxy) is 1. The summed E-state index contributed by atoms with van der Waals surface area (Å²) in [5.41, 5.74) is 0.579. The van der Waals surface area contributed by atoms with Crippen molar-refractivity contribution in [3.05, 3.63) is 41.9 Å². The molecule has 0 aliphatic rings. The number of hydrogen-bond donors (Lipinski definition) is 1. The third kappa shape index (κ3) is 5.43. The molecule has 0 amide bonds. The Labute approximate surface area is 190 Å². The molecule has 0 aliphatic heterocycles. The van der Waals surface area contributed by atoms with Crippen LogP contribution in [0.2, 0.25) is 0 Å². The molecule has 3 aromatic rings. The summed E-state index contributed by atoms with van der Waals surface area (Å²) in [6.45, 7) is 6.07. The van der Waals surface area contributed by atoms with Gasteiger partial charge in [0.1, 0.15) is 23.6 Å². The molecular weight excluding hydrogens is 435 g/mol. The van der Waals surface area contributed by atoms with Crippen LogP contribution in [0.25, 0.3) is 22.3 Å². The first-order valence-corrected chi connectivity index (χ1v) is 10.5. The van der Waals surface area contributed by atoms with Crippen LogP contribution in [0.15, 0.2) is 30.6 Å². The van der Waals surface area contributed by atoms with Crippen molar-refractivity contribution < 1.29 is 23.0 Å². The first-order chi connectivity index (χ1) is 15.5. The third-order valence-electron chi connectivity index (χ3n) is 5.36. The molecule has 1 unspecified atom stereocenters. The highest BCUT2D eigenvalue weighted by atomic mass is 19.4. The Morgan fingerprint density at radius 2 is 1.97 bits per heavy atom. The van der Waals surface area contributed by atoms with Crippen molar-refractivity contribution in [2.75, 3.05) is 13.2 Å². The molecule has 0 spiro atoms. The summed E-state index contributed by atoms with van der Waals surface area (Å²) in [6.07, 6.45) is -3.32. The van der Waals surface area contributed by atoms with Gasteiger partial charge in [-0.15, -0.1) is 0 Å². The number of aryl methyl sites for hydroxylation is 1. The highest BCUT2D eigenvalue weighted by Crippen LogP contribution is 2.39. The topological polar surface area (TPSA) is 87.2 Å². The first kappa shape index (κ1) is 24.5. The van der Waals surface area contributed by atoms with E-state index in [0.717, 1.165) is 6.07 Å². The maximum atomic E-state index is 13.8. The number of pyridine rings is 1. The van der Waals surface area contributed by atoms with Crippen LogP contribution in [-0.4, -0.2) is 50.0 Å². The molecule has 1 aromatic carbocycles. The molecule has 0 saturated heterocycles. The normalized spacial score (nSPS) is 13.0. The Morgan fingerprint density at radius 1 is 1.24 bits per heavy atom. The van der Waals surface area contributed by atoms with Gasteiger partial charge in [0, 0.05) is 25.2 Å². The SMILES string of the molecule is CC(C)N(CCCOc1ccc(-c2cc3c(ncn3C)c(C#N)n2)cc1C(F)(F)F)C(C)O. The quantitative estimate of drug-likeness (QED) is 0.397. The van der Waals surface area contributed by atoms with Crippen LogP contribution in [0.4, 0.5) is 13.2 Å². The van der Waals surface area contributed by atoms with Crippen LogP contribution in [0.1, 0.15) is 38.4 Å². The first-order valence-electron chi connectivity index (χ1n) is 10.5. The minimum atomic E-state index is -4.64. The van der Waals surface area contributed by atoms with Crippen molar-refractivity contribution in [3.63, 3.8) is 0 Å². The monoisotopic (exact) mass is 461 g/mol. The summed E-state index contributed by atoms with van der Waals surface area (Å²) < 4.78 is 48.5. The second-order valence-electron chi connectivity index (χ2n) is 8.07. The molecule has 2 aromatic heterocycles. The number of hydrogen-bond acceptors (Lipinski definition) is 6. The van der Waals surface area contributed by atoms with Gasteiger partial charge in [-0.25, -0.2) is 9.97 Å². The molecule has 7 nitrogen and oxygen atoms in total. The predicted octanol–water partition coefficient (Wildman–Crippen LogP) is 4.34. The van der Waals surface area contributed by atoms with E-state index in [1.807, 2.05) is 24.8 Å². The fourth-order valence-corrected chi connectivity index (χ4v) is 3.70. The van der Waals surface area contributed by atoms with Crippen molar-refractivity contribution in [1.29, 1.82) is 5.26 Å². The van der Waals surface area contributed by atoms with Gasteiger partial charge in [-0.3, -0.25) is 4.90 Å². The molecule has 1 N–H and O–H groups in total. The fourth-order valence-electron chi connectivity index (χ4n) is 3.70. The number of halogens is 3. The average molecular weight is 461 g/mol. The van der Waals surface area contributed by atoms with Gasteiger partial charge in [0.05, 0.1) is 29.7 Å². The van der Waals surface area contributed by atoms with Crippen LogP contribution >= 0.6 is 0 Å². The zero-order valence-electron chi connectivity index (χ0n) is 18.9. The van der Waals surface area contributed by atoms with E-state index in [0.29, 0.717) is 24.0 Å². The summed E-state index contributed by atoms with van der Waals surface area (Å²) in [7, 11) is 1.73. The average Bonchev–Trinajstić information content (AvgIpc) is 3.12. The lowest BCUT2D eigenvalue weighted by Gasteiger charge is -2.29. The van der Waals surface area contributed by atoms with E-state index in [1.165, 1.54) is 18.5 Å². The number of aliphatic hydroxyl groups excluding tert-OH is 1. The van der Waals surface area contributed by atoms with Gasteiger partial charge < -0.3 is 14.4 Å². The predicted molar refractivity (Wildman–Crippen MR) is 117 cm³/mol. The van der Waals surface area contributed by atoms with Gasteiger partial charge in [-0.2, -0.15) is 18.4 Å². The van der Waals surface area contributed by atoms with E-state index in [4.69, 9.17) is 4.74 Å². The fraction of sp³-hybridized carbons (Fsp3) is 0.435. The number of alkyl halides is 3. The Balaban J connectivity index is 1.87. The lowest BCUT2D eigenvalue weighted by atomic mass is 10.1. The minimum Gasteiger partial charge on any atom is -0.493 e. The number of fused-ring (bicyclic) bond motifs is 1. The van der Waals surface area contributed by atoms with Crippen LogP contribution in [0.3, 0.4) is 0 Å². The van der Waals surface area contributed by atoms with Gasteiger partial charge >= 0.3 is 6.18 Å². The molecule has 0 radical (unpaired) electrons. The van der Waals surface area contributed by atoms with Crippen molar-refractivity contribution in [1.82, 2.24) is 19.4 Å². The van der Waals surface area contributed by atoms with Crippen LogP contribution in [-0.2, 0) is 13.2 Å². The molecule has 0 bridgehead atoms. The van der Waals surface area contributed by atoms with Crippen LogP contribution in [0.5, 0.6) is 5.75 Å². The summed E-state index contributed by atoms with van der Waals surface area (Å²) >= 11 is 0. The smallest absolute Gasteiger partial charge is 0.419 e. The summed E-state index contributed by atoms with van der Waals surface area (Å²) in [5, 5.41) is 19.2. The maximum absolute atomic E-state index is 13.8. The number of nitrogens with zero attached hydrogens (tertiary/aromatic N) is 5. The van der Waals surface area contributed by atoms with Gasteiger partial charge in [0.15, 0.2) is 5.69 Å². The zero-order valence-corrected chi connectivity index (χ0v) is 18.9. The number of rotatable bonds is 8. The van der Waals surface area contributed by atoms with Crippen LogP contribution < -0.4 is 4.74 Å². The lowest BCUT2D eigenvalue weighted by Crippen LogP contribution is -2.39. The van der Waals surface area contributed by atoms with E-state index >= 15 is 0 Å². The van der Waals surface area contributed by atoms with Crippen molar-refractivity contribution in [2.45, 2.75) is 45.6 Å². The van der Waals surface area contributed by atoms with E-state index in [2.05, 4.69) is 9.97 Å². The number of imidazole rings is 1. The number of aromatic nitrogens is 3. The zero-order chi connectivity index (χ0) is 24.3. The summed E-state index contributed by atoms with van der Waals surface area (Å²) in [5.74, 6) is -0.276. The van der Waals surface area contributed by atoms with E-state index in [-0.39, 0.29) is 35.3 Å². The molecule has 10 heteroatoms. The number of aliphatic hydroxyl groups is 1. The van der Waals surface area contributed by atoms with E-state index in [9.17, 15) is 23.5 Å². The summed E-state index contributed by atoms with van der Waals surface area (Å²) in [6, 6.07) is 7.40.